The van der Waals surface area contributed by atoms with Crippen LogP contribution in [0.25, 0.3) is 21.8 Å². The molecule has 0 aliphatic rings. The molecular formula is C16H19N9O3. The van der Waals surface area contributed by atoms with Gasteiger partial charge in [-0.3, -0.25) is 14.3 Å². The average Bonchev–Trinajstić information content (AvgIpc) is 3.13. The molecule has 4 rings (SSSR count). The number of aromatic amines is 2. The molecule has 0 bridgehead atoms. The van der Waals surface area contributed by atoms with Crippen LogP contribution in [0.4, 0.5) is 11.6 Å². The molecule has 12 heteroatoms. The molecule has 0 amide bonds. The van der Waals surface area contributed by atoms with Crippen molar-refractivity contribution in [3.05, 3.63) is 32.0 Å². The monoisotopic (exact) mass is 385 g/mol. The molecule has 4 heterocycles. The third kappa shape index (κ3) is 2.49. The highest BCUT2D eigenvalue weighted by atomic mass is 16.5. The van der Waals surface area contributed by atoms with Gasteiger partial charge in [0.05, 0.1) is 23.0 Å². The lowest BCUT2D eigenvalue weighted by atomic mass is 10.2. The summed E-state index contributed by atoms with van der Waals surface area (Å²) in [6.45, 7) is 3.81. The molecule has 4 aromatic heterocycles. The highest BCUT2D eigenvalue weighted by Crippen LogP contribution is 2.28. The number of rotatable bonds is 4. The first kappa shape index (κ1) is 17.6. The summed E-state index contributed by atoms with van der Waals surface area (Å²) in [6, 6.07) is 0. The smallest absolute Gasteiger partial charge is 0.293 e. The molecule has 0 atom stereocenters. The molecular weight excluding hydrogens is 366 g/mol. The van der Waals surface area contributed by atoms with Crippen molar-refractivity contribution in [3.8, 4) is 5.88 Å². The maximum Gasteiger partial charge on any atom is 0.293 e. The zero-order valence-corrected chi connectivity index (χ0v) is 15.5. The number of aryl methyl sites for hydroxylation is 3. The fourth-order valence-electron chi connectivity index (χ4n) is 3.37. The first-order valence-electron chi connectivity index (χ1n) is 8.48. The molecule has 6 N–H and O–H groups in total. The van der Waals surface area contributed by atoms with Gasteiger partial charge in [-0.25, -0.2) is 9.78 Å². The van der Waals surface area contributed by atoms with Crippen LogP contribution in [0.2, 0.25) is 0 Å². The van der Waals surface area contributed by atoms with Gasteiger partial charge in [-0.1, -0.05) is 0 Å². The summed E-state index contributed by atoms with van der Waals surface area (Å²) in [5, 5.41) is 15.5. The van der Waals surface area contributed by atoms with E-state index in [9.17, 15) is 9.59 Å². The first-order chi connectivity index (χ1) is 13.3. The zero-order chi connectivity index (χ0) is 20.2. The molecule has 0 radical (unpaired) electrons. The highest BCUT2D eigenvalue weighted by molar-refractivity contribution is 5.93. The Morgan fingerprint density at radius 2 is 1.86 bits per heavy atom. The van der Waals surface area contributed by atoms with Crippen LogP contribution in [0.1, 0.15) is 11.3 Å². The molecule has 0 aromatic carbocycles. The number of nitrogens with two attached hydrogens (primary N) is 2. The van der Waals surface area contributed by atoms with Crippen molar-refractivity contribution in [2.24, 2.45) is 7.05 Å². The van der Waals surface area contributed by atoms with E-state index in [1.807, 2.05) is 0 Å². The molecule has 0 unspecified atom stereocenters. The summed E-state index contributed by atoms with van der Waals surface area (Å²) in [4.78, 5) is 27.5. The van der Waals surface area contributed by atoms with E-state index in [0.29, 0.717) is 33.4 Å². The molecule has 0 saturated heterocycles. The number of aromatic nitrogens is 7. The summed E-state index contributed by atoms with van der Waals surface area (Å²) < 4.78 is 8.45. The Morgan fingerprint density at radius 1 is 1.11 bits per heavy atom. The zero-order valence-electron chi connectivity index (χ0n) is 15.5. The van der Waals surface area contributed by atoms with E-state index >= 15 is 0 Å². The number of nitrogen functional groups attached to an aromatic ring is 2. The number of hydrogen-bond acceptors (Lipinski definition) is 8. The van der Waals surface area contributed by atoms with Crippen LogP contribution in [0.5, 0.6) is 5.88 Å². The molecule has 4 aromatic rings. The Bertz CT molecular complexity index is 1340. The molecule has 146 valence electrons. The van der Waals surface area contributed by atoms with Gasteiger partial charge in [0, 0.05) is 12.6 Å². The highest BCUT2D eigenvalue weighted by Gasteiger charge is 2.17. The maximum atomic E-state index is 12.7. The summed E-state index contributed by atoms with van der Waals surface area (Å²) in [6.07, 6.45) is 0. The van der Waals surface area contributed by atoms with E-state index in [1.165, 1.54) is 9.36 Å². The van der Waals surface area contributed by atoms with Gasteiger partial charge in [0.2, 0.25) is 0 Å². The molecule has 12 nitrogen and oxygen atoms in total. The lowest BCUT2D eigenvalue weighted by Crippen LogP contribution is -2.28. The van der Waals surface area contributed by atoms with Gasteiger partial charge in [-0.2, -0.15) is 15.3 Å². The predicted octanol–water partition coefficient (Wildman–Crippen LogP) is -0.445. The fraction of sp³-hybridized carbons (Fsp3) is 0.312. The van der Waals surface area contributed by atoms with Gasteiger partial charge in [-0.15, -0.1) is 0 Å². The maximum absolute atomic E-state index is 12.7. The van der Waals surface area contributed by atoms with Crippen LogP contribution in [-0.4, -0.2) is 41.3 Å². The number of nitrogens with one attached hydrogen (secondary N) is 2. The minimum Gasteiger partial charge on any atom is -0.477 e. The standard InChI is InChI=1S/C16H19N9O3/c1-6-8-10(14(26)21-20-12(8)17)19-15(6)28-5-4-25-16(27)11-9(13(18)23-25)7(2)22-24(11)3/h19H,4-5H2,1-3H3,(H2,17,20)(H2,18,23)(H,21,26). The van der Waals surface area contributed by atoms with E-state index in [-0.39, 0.29) is 35.9 Å². The van der Waals surface area contributed by atoms with Gasteiger partial charge < -0.3 is 21.2 Å². The SMILES string of the molecule is Cc1c(OCCn2nc(N)c3c(C)nn(C)c3c2=O)[nH]c2c(=O)[nH]nc(N)c12. The van der Waals surface area contributed by atoms with Crippen LogP contribution in [-0.2, 0) is 13.6 Å². The van der Waals surface area contributed by atoms with E-state index in [2.05, 4.69) is 25.4 Å². The van der Waals surface area contributed by atoms with Crippen molar-refractivity contribution < 1.29 is 4.74 Å². The second-order valence-electron chi connectivity index (χ2n) is 6.46. The minimum atomic E-state index is -0.398. The predicted molar refractivity (Wildman–Crippen MR) is 103 cm³/mol. The summed E-state index contributed by atoms with van der Waals surface area (Å²) in [5.41, 5.74) is 13.1. The Morgan fingerprint density at radius 3 is 2.57 bits per heavy atom. The average molecular weight is 385 g/mol. The number of H-pyrrole nitrogens is 2. The molecule has 0 saturated carbocycles. The number of hydrogen-bond donors (Lipinski definition) is 4. The van der Waals surface area contributed by atoms with Crippen LogP contribution >= 0.6 is 0 Å². The lowest BCUT2D eigenvalue weighted by Gasteiger charge is -2.08. The van der Waals surface area contributed by atoms with E-state index in [4.69, 9.17) is 16.2 Å². The fourth-order valence-corrected chi connectivity index (χ4v) is 3.37. The van der Waals surface area contributed by atoms with Crippen molar-refractivity contribution in [2.45, 2.75) is 20.4 Å². The van der Waals surface area contributed by atoms with Crippen molar-refractivity contribution in [1.29, 1.82) is 0 Å². The third-order valence-corrected chi connectivity index (χ3v) is 4.66. The molecule has 0 spiro atoms. The summed E-state index contributed by atoms with van der Waals surface area (Å²) in [5.74, 6) is 0.798. The number of ether oxygens (including phenoxy) is 1. The molecule has 28 heavy (non-hydrogen) atoms. The van der Waals surface area contributed by atoms with E-state index < -0.39 is 5.56 Å². The van der Waals surface area contributed by atoms with Gasteiger partial charge >= 0.3 is 0 Å². The van der Waals surface area contributed by atoms with Crippen molar-refractivity contribution in [2.75, 3.05) is 18.1 Å². The summed E-state index contributed by atoms with van der Waals surface area (Å²) in [7, 11) is 1.68. The van der Waals surface area contributed by atoms with E-state index in [1.54, 1.807) is 20.9 Å². The minimum absolute atomic E-state index is 0.119. The Labute approximate surface area is 157 Å². The summed E-state index contributed by atoms with van der Waals surface area (Å²) >= 11 is 0. The number of anilines is 2. The first-order valence-corrected chi connectivity index (χ1v) is 8.48. The van der Waals surface area contributed by atoms with Gasteiger partial charge in [-0.05, 0) is 13.8 Å². The number of nitrogens with zero attached hydrogens (tertiary/aromatic N) is 5. The Kier molecular flexibility index (Phi) is 3.84. The second kappa shape index (κ2) is 6.11. The Balaban J connectivity index is 1.63. The van der Waals surface area contributed by atoms with Crippen molar-refractivity contribution in [3.63, 3.8) is 0 Å². The lowest BCUT2D eigenvalue weighted by molar-refractivity contribution is 0.279. The van der Waals surface area contributed by atoms with Gasteiger partial charge in [0.15, 0.2) is 17.5 Å². The van der Waals surface area contributed by atoms with Crippen LogP contribution in [0.15, 0.2) is 9.59 Å². The topological polar surface area (TPSA) is 176 Å². The molecule has 0 fully saturated rings. The van der Waals surface area contributed by atoms with E-state index in [0.717, 1.165) is 0 Å². The molecule has 0 aliphatic heterocycles. The van der Waals surface area contributed by atoms with Crippen LogP contribution in [0.3, 0.4) is 0 Å². The number of fused-ring (bicyclic) bond motifs is 2. The normalized spacial score (nSPS) is 11.5. The third-order valence-electron chi connectivity index (χ3n) is 4.66. The van der Waals surface area contributed by atoms with Crippen molar-refractivity contribution >= 4 is 33.4 Å². The largest absolute Gasteiger partial charge is 0.477 e. The quantitative estimate of drug-likeness (QED) is 0.365. The molecule has 0 aliphatic carbocycles. The second-order valence-corrected chi connectivity index (χ2v) is 6.46. The Hall–Kier alpha value is -3.83. The van der Waals surface area contributed by atoms with Crippen LogP contribution in [0, 0.1) is 13.8 Å². The van der Waals surface area contributed by atoms with Crippen LogP contribution < -0.4 is 27.3 Å². The van der Waals surface area contributed by atoms with Gasteiger partial charge in [0.1, 0.15) is 17.6 Å². The van der Waals surface area contributed by atoms with Gasteiger partial charge in [0.25, 0.3) is 11.1 Å². The van der Waals surface area contributed by atoms with Crippen molar-refractivity contribution in [1.82, 2.24) is 34.7 Å².